The third-order valence-electron chi connectivity index (χ3n) is 5.75. The molecule has 146 valence electrons. The van der Waals surface area contributed by atoms with Crippen molar-refractivity contribution in [3.05, 3.63) is 41.5 Å². The third kappa shape index (κ3) is 2.99. The highest BCUT2D eigenvalue weighted by Gasteiger charge is 2.30. The largest absolute Gasteiger partial charge is 0.445 e. The van der Waals surface area contributed by atoms with Crippen LogP contribution in [0.4, 0.5) is 0 Å². The summed E-state index contributed by atoms with van der Waals surface area (Å²) in [5.41, 5.74) is 3.08. The van der Waals surface area contributed by atoms with Gasteiger partial charge < -0.3 is 13.9 Å². The van der Waals surface area contributed by atoms with Crippen LogP contribution in [-0.4, -0.2) is 36.9 Å². The number of pyridine rings is 1. The fourth-order valence-corrected chi connectivity index (χ4v) is 4.00. The molecule has 4 heterocycles. The lowest BCUT2D eigenvalue weighted by atomic mass is 9.85. The zero-order valence-corrected chi connectivity index (χ0v) is 16.4. The van der Waals surface area contributed by atoms with Crippen LogP contribution in [0, 0.1) is 5.92 Å². The van der Waals surface area contributed by atoms with Gasteiger partial charge in [0.1, 0.15) is 17.0 Å². The van der Waals surface area contributed by atoms with Crippen LogP contribution < -0.4 is 0 Å². The molecule has 2 aliphatic rings. The Morgan fingerprint density at radius 2 is 2.18 bits per heavy atom. The number of rotatable bonds is 4. The third-order valence-corrected chi connectivity index (χ3v) is 5.75. The molecule has 7 nitrogen and oxygen atoms in total. The fraction of sp³-hybridized carbons (Fsp3) is 0.524. The van der Waals surface area contributed by atoms with E-state index in [1.807, 2.05) is 15.5 Å². The zero-order chi connectivity index (χ0) is 19.3. The van der Waals surface area contributed by atoms with Crippen LogP contribution in [0.1, 0.15) is 66.7 Å². The zero-order valence-electron chi connectivity index (χ0n) is 16.4. The van der Waals surface area contributed by atoms with Gasteiger partial charge in [0.15, 0.2) is 11.5 Å². The lowest BCUT2D eigenvalue weighted by molar-refractivity contribution is 0.0727. The molecule has 0 N–H and O–H groups in total. The van der Waals surface area contributed by atoms with Gasteiger partial charge in [0, 0.05) is 31.6 Å². The van der Waals surface area contributed by atoms with Gasteiger partial charge in [-0.15, -0.1) is 0 Å². The fourth-order valence-electron chi connectivity index (χ4n) is 4.00. The smallest absolute Gasteiger partial charge is 0.255 e. The molecule has 0 saturated heterocycles. The summed E-state index contributed by atoms with van der Waals surface area (Å²) in [4.78, 5) is 28.5. The molecule has 1 saturated carbocycles. The molecule has 7 heteroatoms. The van der Waals surface area contributed by atoms with Crippen LogP contribution in [0.5, 0.6) is 0 Å². The van der Waals surface area contributed by atoms with Gasteiger partial charge in [0.05, 0.1) is 18.4 Å². The molecule has 1 amide bonds. The van der Waals surface area contributed by atoms with Gasteiger partial charge in [-0.3, -0.25) is 4.79 Å². The number of carbonyl (C=O) groups excluding carboxylic acids is 1. The minimum Gasteiger partial charge on any atom is -0.445 e. The van der Waals surface area contributed by atoms with Crippen molar-refractivity contribution in [2.45, 2.75) is 58.5 Å². The van der Waals surface area contributed by atoms with E-state index in [1.54, 1.807) is 12.5 Å². The van der Waals surface area contributed by atoms with Crippen LogP contribution in [-0.2, 0) is 19.5 Å². The first-order chi connectivity index (χ1) is 13.6. The number of amides is 1. The number of fused-ring (bicyclic) bond motifs is 2. The maximum absolute atomic E-state index is 13.0. The summed E-state index contributed by atoms with van der Waals surface area (Å²) in [7, 11) is 0. The number of aromatic nitrogens is 4. The molecule has 1 aliphatic heterocycles. The molecule has 5 rings (SSSR count). The van der Waals surface area contributed by atoms with Gasteiger partial charge >= 0.3 is 0 Å². The number of carbonyl (C=O) groups is 1. The summed E-state index contributed by atoms with van der Waals surface area (Å²) in [5, 5.41) is 0. The van der Waals surface area contributed by atoms with Crippen LogP contribution in [0.3, 0.4) is 0 Å². The van der Waals surface area contributed by atoms with Crippen molar-refractivity contribution in [2.75, 3.05) is 6.54 Å². The van der Waals surface area contributed by atoms with Crippen molar-refractivity contribution in [1.82, 2.24) is 24.4 Å². The van der Waals surface area contributed by atoms with Crippen molar-refractivity contribution in [3.63, 3.8) is 0 Å². The van der Waals surface area contributed by atoms with Crippen LogP contribution in [0.15, 0.2) is 23.0 Å². The van der Waals surface area contributed by atoms with Gasteiger partial charge in [0.2, 0.25) is 0 Å². The lowest BCUT2D eigenvalue weighted by Gasteiger charge is -2.25. The van der Waals surface area contributed by atoms with E-state index in [2.05, 4.69) is 28.8 Å². The van der Waals surface area contributed by atoms with Crippen molar-refractivity contribution in [2.24, 2.45) is 5.92 Å². The quantitative estimate of drug-likeness (QED) is 0.693. The number of hydrogen-bond donors (Lipinski definition) is 0. The van der Waals surface area contributed by atoms with Crippen LogP contribution in [0.2, 0.25) is 0 Å². The normalized spacial score (nSPS) is 17.2. The van der Waals surface area contributed by atoms with Gasteiger partial charge in [-0.05, 0) is 24.8 Å². The van der Waals surface area contributed by atoms with Gasteiger partial charge in [0.25, 0.3) is 5.91 Å². The molecule has 1 fully saturated rings. The summed E-state index contributed by atoms with van der Waals surface area (Å²) >= 11 is 0. The van der Waals surface area contributed by atoms with Crippen LogP contribution >= 0.6 is 0 Å². The average molecular weight is 379 g/mol. The molecule has 0 spiro atoms. The Morgan fingerprint density at radius 3 is 2.93 bits per heavy atom. The molecule has 0 radical (unpaired) electrons. The van der Waals surface area contributed by atoms with Gasteiger partial charge in [-0.25, -0.2) is 15.0 Å². The first-order valence-electron chi connectivity index (χ1n) is 10.2. The Balaban J connectivity index is 1.35. The number of oxazole rings is 1. The van der Waals surface area contributed by atoms with Gasteiger partial charge in [-0.2, -0.15) is 0 Å². The lowest BCUT2D eigenvalue weighted by Crippen LogP contribution is -2.35. The minimum atomic E-state index is -0.0216. The minimum absolute atomic E-state index is 0.0216. The Kier molecular flexibility index (Phi) is 4.18. The second-order valence-corrected chi connectivity index (χ2v) is 8.38. The topological polar surface area (TPSA) is 77.0 Å². The highest BCUT2D eigenvalue weighted by molar-refractivity contribution is 5.96. The van der Waals surface area contributed by atoms with E-state index in [0.29, 0.717) is 30.5 Å². The number of imidazole rings is 1. The maximum atomic E-state index is 13.0. The van der Waals surface area contributed by atoms with E-state index in [4.69, 9.17) is 4.42 Å². The molecule has 0 bridgehead atoms. The van der Waals surface area contributed by atoms with E-state index in [9.17, 15) is 4.79 Å². The molecule has 0 unspecified atom stereocenters. The van der Waals surface area contributed by atoms with Gasteiger partial charge in [-0.1, -0.05) is 20.3 Å². The second-order valence-electron chi connectivity index (χ2n) is 8.38. The van der Waals surface area contributed by atoms with Crippen molar-refractivity contribution >= 4 is 17.1 Å². The maximum Gasteiger partial charge on any atom is 0.255 e. The average Bonchev–Trinajstić information content (AvgIpc) is 3.22. The summed E-state index contributed by atoms with van der Waals surface area (Å²) in [6.45, 7) is 6.33. The SMILES string of the molecule is CC(C)Cn1cnc2cc(C(=O)N3CCc4oc(C5CCC5)nc4C3)cnc21. The second kappa shape index (κ2) is 6.72. The molecular weight excluding hydrogens is 354 g/mol. The highest BCUT2D eigenvalue weighted by Crippen LogP contribution is 2.37. The Hall–Kier alpha value is -2.70. The standard InChI is InChI=1S/C21H25N5O2/c1-13(2)10-26-12-23-16-8-15(9-22-19(16)26)21(27)25-7-6-18-17(11-25)24-20(28-18)14-4-3-5-14/h8-9,12-14H,3-7,10-11H2,1-2H3. The molecule has 0 aromatic carbocycles. The van der Waals surface area contributed by atoms with Crippen molar-refractivity contribution in [3.8, 4) is 0 Å². The predicted molar refractivity (Wildman–Crippen MR) is 104 cm³/mol. The van der Waals surface area contributed by atoms with E-state index in [1.165, 1.54) is 6.42 Å². The van der Waals surface area contributed by atoms with Crippen LogP contribution in [0.25, 0.3) is 11.2 Å². The molecule has 3 aromatic rings. The summed E-state index contributed by atoms with van der Waals surface area (Å²) in [5.74, 6) is 2.78. The summed E-state index contributed by atoms with van der Waals surface area (Å²) in [6, 6.07) is 1.85. The molecule has 3 aromatic heterocycles. The summed E-state index contributed by atoms with van der Waals surface area (Å²) < 4.78 is 8.00. The van der Waals surface area contributed by atoms with E-state index in [0.717, 1.165) is 54.3 Å². The van der Waals surface area contributed by atoms with Crippen molar-refractivity contribution in [1.29, 1.82) is 0 Å². The van der Waals surface area contributed by atoms with E-state index < -0.39 is 0 Å². The molecular formula is C21H25N5O2. The predicted octanol–water partition coefficient (Wildman–Crippen LogP) is 3.54. The number of nitrogens with zero attached hydrogens (tertiary/aromatic N) is 5. The molecule has 28 heavy (non-hydrogen) atoms. The van der Waals surface area contributed by atoms with E-state index >= 15 is 0 Å². The highest BCUT2D eigenvalue weighted by atomic mass is 16.4. The number of hydrogen-bond acceptors (Lipinski definition) is 5. The Bertz CT molecular complexity index is 1030. The molecule has 0 atom stereocenters. The first kappa shape index (κ1) is 17.4. The Labute approximate surface area is 163 Å². The summed E-state index contributed by atoms with van der Waals surface area (Å²) in [6.07, 6.45) is 7.77. The molecule has 1 aliphatic carbocycles. The van der Waals surface area contributed by atoms with E-state index in [-0.39, 0.29) is 5.91 Å². The van der Waals surface area contributed by atoms with Crippen molar-refractivity contribution < 1.29 is 9.21 Å². The Morgan fingerprint density at radius 1 is 1.32 bits per heavy atom. The first-order valence-corrected chi connectivity index (χ1v) is 10.2. The monoisotopic (exact) mass is 379 g/mol.